The Kier molecular flexibility index (Phi) is 6.65. The molecular formula is C21H22F4N4O3. The quantitative estimate of drug-likeness (QED) is 0.620. The van der Waals surface area contributed by atoms with Gasteiger partial charge in [0, 0.05) is 30.9 Å². The number of amides is 2. The SMILES string of the molecule is CNC(=O)Cc1nccc2c1CN(C(C)c1cc(C)c(OCC(F)(F)C(F)F)cn1)C2=O. The number of aryl methyl sites for hydroxylation is 1. The third-order valence-electron chi connectivity index (χ3n) is 5.29. The maximum atomic E-state index is 13.1. The van der Waals surface area contributed by atoms with Crippen molar-refractivity contribution >= 4 is 11.8 Å². The van der Waals surface area contributed by atoms with E-state index < -0.39 is 25.0 Å². The molecule has 0 saturated carbocycles. The Bertz CT molecular complexity index is 1030. The Morgan fingerprint density at radius 2 is 2.06 bits per heavy atom. The van der Waals surface area contributed by atoms with Crippen molar-refractivity contribution in [2.45, 2.75) is 45.2 Å². The minimum absolute atomic E-state index is 0.0435. The number of rotatable bonds is 8. The van der Waals surface area contributed by atoms with Gasteiger partial charge in [-0.15, -0.1) is 0 Å². The maximum Gasteiger partial charge on any atom is 0.340 e. The monoisotopic (exact) mass is 454 g/mol. The Morgan fingerprint density at radius 3 is 2.69 bits per heavy atom. The second-order valence-corrected chi connectivity index (χ2v) is 7.47. The molecule has 0 fully saturated rings. The van der Waals surface area contributed by atoms with Crippen LogP contribution < -0.4 is 10.1 Å². The van der Waals surface area contributed by atoms with E-state index in [2.05, 4.69) is 15.3 Å². The van der Waals surface area contributed by atoms with Crippen LogP contribution in [0.5, 0.6) is 5.75 Å². The second kappa shape index (κ2) is 9.09. The molecule has 172 valence electrons. The molecule has 1 unspecified atom stereocenters. The van der Waals surface area contributed by atoms with Crippen molar-refractivity contribution in [3.8, 4) is 5.75 Å². The number of likely N-dealkylation sites (N-methyl/N-ethyl adjacent to an activating group) is 1. The van der Waals surface area contributed by atoms with Crippen LogP contribution in [0.4, 0.5) is 17.6 Å². The lowest BCUT2D eigenvalue weighted by Crippen LogP contribution is -2.34. The van der Waals surface area contributed by atoms with Crippen molar-refractivity contribution in [2.24, 2.45) is 0 Å². The molecule has 3 rings (SSSR count). The number of aromatic nitrogens is 2. The molecule has 0 saturated heterocycles. The number of nitrogens with zero attached hydrogens (tertiary/aromatic N) is 3. The molecule has 2 amide bonds. The van der Waals surface area contributed by atoms with Crippen molar-refractivity contribution in [3.05, 3.63) is 52.6 Å². The summed E-state index contributed by atoms with van der Waals surface area (Å²) in [5.74, 6) is -4.79. The highest BCUT2D eigenvalue weighted by Crippen LogP contribution is 2.33. The van der Waals surface area contributed by atoms with Gasteiger partial charge in [0.05, 0.1) is 30.0 Å². The van der Waals surface area contributed by atoms with Gasteiger partial charge in [0.1, 0.15) is 5.75 Å². The van der Waals surface area contributed by atoms with Crippen LogP contribution in [0.2, 0.25) is 0 Å². The molecule has 1 atom stereocenters. The van der Waals surface area contributed by atoms with Crippen LogP contribution in [0, 0.1) is 6.92 Å². The highest BCUT2D eigenvalue weighted by atomic mass is 19.3. The number of fused-ring (bicyclic) bond motifs is 1. The number of halogens is 4. The minimum Gasteiger partial charge on any atom is -0.485 e. The first-order valence-corrected chi connectivity index (χ1v) is 9.78. The molecule has 0 bridgehead atoms. The largest absolute Gasteiger partial charge is 0.485 e. The highest BCUT2D eigenvalue weighted by Gasteiger charge is 2.42. The number of carbonyl (C=O) groups is 2. The summed E-state index contributed by atoms with van der Waals surface area (Å²) in [6.45, 7) is 2.08. The zero-order chi connectivity index (χ0) is 23.6. The fourth-order valence-electron chi connectivity index (χ4n) is 3.36. The first kappa shape index (κ1) is 23.4. The summed E-state index contributed by atoms with van der Waals surface area (Å²) in [5.41, 5.74) is 2.52. The smallest absolute Gasteiger partial charge is 0.340 e. The van der Waals surface area contributed by atoms with Gasteiger partial charge < -0.3 is 15.0 Å². The molecule has 1 aliphatic heterocycles. The van der Waals surface area contributed by atoms with E-state index >= 15 is 0 Å². The zero-order valence-corrected chi connectivity index (χ0v) is 17.7. The second-order valence-electron chi connectivity index (χ2n) is 7.47. The van der Waals surface area contributed by atoms with E-state index in [-0.39, 0.29) is 30.5 Å². The summed E-state index contributed by atoms with van der Waals surface area (Å²) < 4.78 is 55.7. The lowest BCUT2D eigenvalue weighted by Gasteiger charge is -2.24. The molecule has 1 aliphatic rings. The van der Waals surface area contributed by atoms with E-state index in [1.54, 1.807) is 30.9 Å². The summed E-state index contributed by atoms with van der Waals surface area (Å²) in [4.78, 5) is 34.7. The molecule has 0 spiro atoms. The van der Waals surface area contributed by atoms with Crippen LogP contribution in [-0.4, -0.2) is 52.7 Å². The van der Waals surface area contributed by atoms with Gasteiger partial charge in [0.25, 0.3) is 5.91 Å². The third-order valence-corrected chi connectivity index (χ3v) is 5.29. The van der Waals surface area contributed by atoms with Gasteiger partial charge in [-0.05, 0) is 31.5 Å². The first-order valence-electron chi connectivity index (χ1n) is 9.78. The lowest BCUT2D eigenvalue weighted by atomic mass is 10.1. The average molecular weight is 454 g/mol. The topological polar surface area (TPSA) is 84.4 Å². The summed E-state index contributed by atoms with van der Waals surface area (Å²) in [6.07, 6.45) is -1.13. The van der Waals surface area contributed by atoms with Gasteiger partial charge in [0.2, 0.25) is 5.91 Å². The van der Waals surface area contributed by atoms with Crippen LogP contribution in [0.1, 0.15) is 45.8 Å². The molecule has 2 aromatic heterocycles. The van der Waals surface area contributed by atoms with Crippen LogP contribution in [-0.2, 0) is 17.8 Å². The van der Waals surface area contributed by atoms with E-state index in [1.807, 2.05) is 0 Å². The summed E-state index contributed by atoms with van der Waals surface area (Å²) in [5, 5.41) is 2.53. The Morgan fingerprint density at radius 1 is 1.34 bits per heavy atom. The summed E-state index contributed by atoms with van der Waals surface area (Å²) in [6, 6.07) is 2.66. The van der Waals surface area contributed by atoms with Gasteiger partial charge in [-0.1, -0.05) is 0 Å². The Balaban J connectivity index is 1.77. The normalized spacial score (nSPS) is 14.5. The standard InChI is InChI=1S/C21H22F4N4O3/c1-11-6-15(28-8-17(11)32-10-21(24,25)20(22)23)12(2)29-9-14-13(19(29)31)4-5-27-16(14)7-18(30)26-3/h4-6,8,12,20H,7,9-10H2,1-3H3,(H,26,30). The van der Waals surface area contributed by atoms with Crippen molar-refractivity contribution in [1.29, 1.82) is 0 Å². The van der Waals surface area contributed by atoms with Gasteiger partial charge in [0.15, 0.2) is 6.61 Å². The summed E-state index contributed by atoms with van der Waals surface area (Å²) in [7, 11) is 1.51. The maximum absolute atomic E-state index is 13.1. The van der Waals surface area contributed by atoms with E-state index in [1.165, 1.54) is 19.4 Å². The number of hydrogen-bond donors (Lipinski definition) is 1. The van der Waals surface area contributed by atoms with Crippen molar-refractivity contribution < 1.29 is 31.9 Å². The lowest BCUT2D eigenvalue weighted by molar-refractivity contribution is -0.148. The summed E-state index contributed by atoms with van der Waals surface area (Å²) >= 11 is 0. The average Bonchev–Trinajstić information content (AvgIpc) is 3.09. The minimum atomic E-state index is -4.27. The van der Waals surface area contributed by atoms with Gasteiger partial charge in [-0.3, -0.25) is 19.6 Å². The van der Waals surface area contributed by atoms with Crippen LogP contribution in [0.15, 0.2) is 24.5 Å². The molecule has 32 heavy (non-hydrogen) atoms. The molecule has 11 heteroatoms. The molecule has 0 radical (unpaired) electrons. The number of alkyl halides is 4. The predicted octanol–water partition coefficient (Wildman–Crippen LogP) is 3.07. The van der Waals surface area contributed by atoms with Crippen molar-refractivity contribution in [3.63, 3.8) is 0 Å². The molecule has 2 aromatic rings. The van der Waals surface area contributed by atoms with E-state index in [4.69, 9.17) is 4.74 Å². The van der Waals surface area contributed by atoms with Crippen molar-refractivity contribution in [2.75, 3.05) is 13.7 Å². The molecule has 7 nitrogen and oxygen atoms in total. The number of ether oxygens (including phenoxy) is 1. The van der Waals surface area contributed by atoms with Gasteiger partial charge in [-0.2, -0.15) is 8.78 Å². The third kappa shape index (κ3) is 4.66. The first-order chi connectivity index (χ1) is 15.0. The fourth-order valence-corrected chi connectivity index (χ4v) is 3.36. The molecule has 3 heterocycles. The number of pyridine rings is 2. The fraction of sp³-hybridized carbons (Fsp3) is 0.429. The van der Waals surface area contributed by atoms with Gasteiger partial charge in [-0.25, -0.2) is 8.78 Å². The number of carbonyl (C=O) groups excluding carboxylic acids is 2. The number of nitrogens with one attached hydrogen (secondary N) is 1. The Labute approximate surface area is 181 Å². The molecule has 0 aromatic carbocycles. The number of hydrogen-bond acceptors (Lipinski definition) is 5. The molecular weight excluding hydrogens is 432 g/mol. The van der Waals surface area contributed by atoms with Gasteiger partial charge >= 0.3 is 12.3 Å². The van der Waals surface area contributed by atoms with Crippen LogP contribution in [0.3, 0.4) is 0 Å². The van der Waals surface area contributed by atoms with E-state index in [0.717, 1.165) is 0 Å². The Hall–Kier alpha value is -3.24. The zero-order valence-electron chi connectivity index (χ0n) is 17.7. The molecule has 0 aliphatic carbocycles. The van der Waals surface area contributed by atoms with Crippen LogP contribution in [0.25, 0.3) is 0 Å². The van der Waals surface area contributed by atoms with E-state index in [9.17, 15) is 27.2 Å². The van der Waals surface area contributed by atoms with E-state index in [0.29, 0.717) is 28.1 Å². The highest BCUT2D eigenvalue weighted by molar-refractivity contribution is 5.99. The molecule has 1 N–H and O–H groups in total. The van der Waals surface area contributed by atoms with Crippen LogP contribution >= 0.6 is 0 Å². The van der Waals surface area contributed by atoms with Crippen molar-refractivity contribution in [1.82, 2.24) is 20.2 Å². The predicted molar refractivity (Wildman–Crippen MR) is 106 cm³/mol.